The number of allylic oxidation sites excluding steroid dienone is 1. The van der Waals surface area contributed by atoms with Crippen LogP contribution in [0.25, 0.3) is 93.4 Å². The Morgan fingerprint density at radius 2 is 1.07 bits per heavy atom. The summed E-state index contributed by atoms with van der Waals surface area (Å²) >= 11 is 0. The lowest BCUT2D eigenvalue weighted by Gasteiger charge is -2.14. The summed E-state index contributed by atoms with van der Waals surface area (Å²) in [5, 5.41) is 8.94. The summed E-state index contributed by atoms with van der Waals surface area (Å²) in [6.07, 6.45) is 0.633. The van der Waals surface area contributed by atoms with E-state index in [9.17, 15) is 0 Å². The average molecular weight is 769 g/mol. The van der Waals surface area contributed by atoms with Gasteiger partial charge in [0.1, 0.15) is 22.3 Å². The van der Waals surface area contributed by atoms with Crippen LogP contribution in [-0.4, -0.2) is 11.5 Å². The molecular formula is C56H36N2O2. The molecule has 1 aliphatic rings. The Labute approximate surface area is 346 Å². The van der Waals surface area contributed by atoms with Crippen LogP contribution in [-0.2, 0) is 0 Å². The molecule has 0 radical (unpaired) electrons. The maximum atomic E-state index is 6.60. The summed E-state index contributed by atoms with van der Waals surface area (Å²) in [7, 11) is 0. The van der Waals surface area contributed by atoms with E-state index in [1.54, 1.807) is 0 Å². The van der Waals surface area contributed by atoms with E-state index in [-0.39, 0.29) is 0 Å². The van der Waals surface area contributed by atoms with Crippen molar-refractivity contribution in [2.75, 3.05) is 0 Å². The molecule has 0 aliphatic carbocycles. The topological polar surface area (TPSA) is 51.0 Å². The predicted molar refractivity (Wildman–Crippen MR) is 250 cm³/mol. The first kappa shape index (κ1) is 34.2. The Bertz CT molecular complexity index is 3640. The molecule has 0 fully saturated rings. The predicted octanol–water partition coefficient (Wildman–Crippen LogP) is 15.2. The second-order valence-electron chi connectivity index (χ2n) is 15.7. The van der Waals surface area contributed by atoms with Crippen LogP contribution >= 0.6 is 0 Å². The molecule has 282 valence electrons. The van der Waals surface area contributed by atoms with Crippen LogP contribution < -0.4 is 0 Å². The number of hydrogen-bond donors (Lipinski definition) is 0. The lowest BCUT2D eigenvalue weighted by atomic mass is 9.91. The normalized spacial score (nSPS) is 13.5. The smallest absolute Gasteiger partial charge is 0.160 e. The largest absolute Gasteiger partial charge is 0.456 e. The summed E-state index contributed by atoms with van der Waals surface area (Å²) < 4.78 is 13.1. The first-order chi connectivity index (χ1) is 29.6. The van der Waals surface area contributed by atoms with Crippen LogP contribution in [0.3, 0.4) is 0 Å². The molecule has 0 spiro atoms. The van der Waals surface area contributed by atoms with E-state index in [0.29, 0.717) is 12.3 Å². The van der Waals surface area contributed by atoms with Crippen molar-refractivity contribution in [3.8, 4) is 22.3 Å². The number of aliphatic imine (C=N–C) groups is 2. The number of hydrogen-bond acceptors (Lipinski definition) is 4. The second kappa shape index (κ2) is 13.6. The van der Waals surface area contributed by atoms with Crippen LogP contribution in [0.15, 0.2) is 212 Å². The Morgan fingerprint density at radius 1 is 0.400 bits per heavy atom. The number of rotatable bonds is 5. The van der Waals surface area contributed by atoms with E-state index >= 15 is 0 Å². The molecule has 3 heterocycles. The fourth-order valence-corrected chi connectivity index (χ4v) is 9.20. The third-order valence-electron chi connectivity index (χ3n) is 12.1. The Hall–Kier alpha value is -7.82. The number of fused-ring (bicyclic) bond motifs is 8. The van der Waals surface area contributed by atoms with Gasteiger partial charge in [0.05, 0.1) is 11.4 Å². The van der Waals surface area contributed by atoms with E-state index < -0.39 is 0 Å². The van der Waals surface area contributed by atoms with Gasteiger partial charge in [0, 0.05) is 39.1 Å². The highest BCUT2D eigenvalue weighted by Gasteiger charge is 2.23. The first-order valence-electron chi connectivity index (χ1n) is 20.4. The van der Waals surface area contributed by atoms with Gasteiger partial charge in [-0.25, -0.2) is 9.98 Å². The third kappa shape index (κ3) is 5.53. The minimum Gasteiger partial charge on any atom is -0.456 e. The SMILES string of the molecule is CC1=C(c2cccc3c2oc2ccccc23)N=C(c2ccc(-c3cccc4oc5ccc(-c6ccccc6)cc5c34)c3ccccc23)N=C(c2ccc3ccccc3c2)C1. The molecular weight excluding hydrogens is 733 g/mol. The van der Waals surface area contributed by atoms with Crippen molar-refractivity contribution in [2.45, 2.75) is 13.3 Å². The molecule has 60 heavy (non-hydrogen) atoms. The van der Waals surface area contributed by atoms with Crippen LogP contribution in [0, 0.1) is 0 Å². The van der Waals surface area contributed by atoms with E-state index in [2.05, 4.69) is 183 Å². The average Bonchev–Trinajstić information content (AvgIpc) is 3.83. The van der Waals surface area contributed by atoms with Crippen molar-refractivity contribution in [3.05, 3.63) is 210 Å². The van der Waals surface area contributed by atoms with E-state index in [4.69, 9.17) is 18.8 Å². The molecule has 2 aromatic heterocycles. The van der Waals surface area contributed by atoms with E-state index in [0.717, 1.165) is 105 Å². The highest BCUT2D eigenvalue weighted by molar-refractivity contribution is 6.23. The van der Waals surface area contributed by atoms with E-state index in [1.165, 1.54) is 16.3 Å². The lowest BCUT2D eigenvalue weighted by Crippen LogP contribution is -2.06. The van der Waals surface area contributed by atoms with Crippen LogP contribution in [0.2, 0.25) is 0 Å². The van der Waals surface area contributed by atoms with Crippen LogP contribution in [0.4, 0.5) is 0 Å². The van der Waals surface area contributed by atoms with Gasteiger partial charge in [0.15, 0.2) is 5.84 Å². The zero-order chi connectivity index (χ0) is 39.7. The summed E-state index contributed by atoms with van der Waals surface area (Å²) in [6.45, 7) is 2.18. The highest BCUT2D eigenvalue weighted by atomic mass is 16.3. The lowest BCUT2D eigenvalue weighted by molar-refractivity contribution is 0.667. The van der Waals surface area contributed by atoms with Gasteiger partial charge in [-0.3, -0.25) is 0 Å². The second-order valence-corrected chi connectivity index (χ2v) is 15.7. The quantitative estimate of drug-likeness (QED) is 0.175. The fourth-order valence-electron chi connectivity index (χ4n) is 9.20. The standard InChI is InChI=1S/C56H36N2O2/c1-34-31-49(39-26-25-36-15-5-6-16-37(36)32-39)57-56(58-54(34)47-22-11-21-45-43-19-9-10-23-50(43)60-55(45)47)46-29-28-42(40-17-7-8-18-41(40)46)44-20-12-24-52-53(44)48-33-38(27-30-51(48)59-52)35-13-3-2-4-14-35/h2-30,32-33H,31H2,1H3. The van der Waals surface area contributed by atoms with Gasteiger partial charge in [-0.15, -0.1) is 0 Å². The first-order valence-corrected chi connectivity index (χ1v) is 20.4. The van der Waals surface area contributed by atoms with Gasteiger partial charge < -0.3 is 8.83 Å². The van der Waals surface area contributed by atoms with Crippen molar-refractivity contribution in [3.63, 3.8) is 0 Å². The minimum absolute atomic E-state index is 0.633. The van der Waals surface area contributed by atoms with Gasteiger partial charge >= 0.3 is 0 Å². The Morgan fingerprint density at radius 3 is 1.95 bits per heavy atom. The molecule has 0 saturated carbocycles. The monoisotopic (exact) mass is 768 g/mol. The maximum Gasteiger partial charge on any atom is 0.160 e. The van der Waals surface area contributed by atoms with Crippen molar-refractivity contribution < 1.29 is 8.83 Å². The van der Waals surface area contributed by atoms with E-state index in [1.807, 2.05) is 12.1 Å². The van der Waals surface area contributed by atoms with Crippen LogP contribution in [0.1, 0.15) is 30.0 Å². The molecule has 1 aliphatic heterocycles. The van der Waals surface area contributed by atoms with Gasteiger partial charge in [-0.1, -0.05) is 146 Å². The molecule has 12 rings (SSSR count). The molecule has 0 N–H and O–H groups in total. The molecule has 4 nitrogen and oxygen atoms in total. The number of para-hydroxylation sites is 2. The molecule has 0 amide bonds. The summed E-state index contributed by atoms with van der Waals surface area (Å²) in [6, 6.07) is 66.2. The number of furan rings is 2. The minimum atomic E-state index is 0.633. The molecule has 0 atom stereocenters. The van der Waals surface area contributed by atoms with Gasteiger partial charge in [-0.2, -0.15) is 0 Å². The number of amidine groups is 1. The van der Waals surface area contributed by atoms with Crippen molar-refractivity contribution in [1.29, 1.82) is 0 Å². The molecule has 0 bridgehead atoms. The summed E-state index contributed by atoms with van der Waals surface area (Å²) in [5.74, 6) is 0.667. The molecule has 0 saturated heterocycles. The van der Waals surface area contributed by atoms with Gasteiger partial charge in [-0.05, 0) is 104 Å². The zero-order valence-corrected chi connectivity index (χ0v) is 32.8. The van der Waals surface area contributed by atoms with Gasteiger partial charge in [0.2, 0.25) is 0 Å². The molecule has 9 aromatic carbocycles. The highest BCUT2D eigenvalue weighted by Crippen LogP contribution is 2.42. The molecule has 0 unspecified atom stereocenters. The van der Waals surface area contributed by atoms with Crippen molar-refractivity contribution in [2.24, 2.45) is 9.98 Å². The van der Waals surface area contributed by atoms with Crippen LogP contribution in [0.5, 0.6) is 0 Å². The maximum absolute atomic E-state index is 6.60. The molecule has 11 aromatic rings. The number of benzene rings is 9. The number of nitrogens with zero attached hydrogens (tertiary/aromatic N) is 2. The zero-order valence-electron chi connectivity index (χ0n) is 32.8. The van der Waals surface area contributed by atoms with Gasteiger partial charge in [0.25, 0.3) is 0 Å². The van der Waals surface area contributed by atoms with Crippen molar-refractivity contribution in [1.82, 2.24) is 0 Å². The molecule has 4 heteroatoms. The third-order valence-corrected chi connectivity index (χ3v) is 12.1. The summed E-state index contributed by atoms with van der Waals surface area (Å²) in [4.78, 5) is 11.1. The van der Waals surface area contributed by atoms with Crippen molar-refractivity contribution >= 4 is 82.7 Å². The Balaban J connectivity index is 1.08. The Kier molecular flexibility index (Phi) is 7.79. The fraction of sp³-hybridized carbons (Fsp3) is 0.0357. The summed E-state index contributed by atoms with van der Waals surface area (Å²) in [5.41, 5.74) is 14.0.